The quantitative estimate of drug-likeness (QED) is 0.535. The topological polar surface area (TPSA) is 30.3 Å². The average Bonchev–Trinajstić information content (AvgIpc) is 3.02. The van der Waals surface area contributed by atoms with E-state index in [0.717, 1.165) is 42.5 Å². The number of hydrogen-bond acceptors (Lipinski definition) is 3. The van der Waals surface area contributed by atoms with E-state index in [1.54, 1.807) is 12.1 Å². The van der Waals surface area contributed by atoms with Gasteiger partial charge >= 0.3 is 0 Å². The first-order valence-electron chi connectivity index (χ1n) is 9.26. The highest BCUT2D eigenvalue weighted by molar-refractivity contribution is 5.84. The van der Waals surface area contributed by atoms with Crippen molar-refractivity contribution in [3.8, 4) is 5.88 Å². The van der Waals surface area contributed by atoms with E-state index >= 15 is 0 Å². The number of ether oxygens (including phenoxy) is 1. The van der Waals surface area contributed by atoms with Crippen LogP contribution in [0.15, 0.2) is 48.5 Å². The molecule has 0 radical (unpaired) electrons. The Bertz CT molecular complexity index is 825. The third kappa shape index (κ3) is 4.41. The van der Waals surface area contributed by atoms with E-state index in [1.165, 1.54) is 12.1 Å². The molecule has 5 heteroatoms. The zero-order valence-corrected chi connectivity index (χ0v) is 15.5. The van der Waals surface area contributed by atoms with Gasteiger partial charge in [-0.2, -0.15) is 0 Å². The van der Waals surface area contributed by atoms with Crippen LogP contribution < -0.4 is 4.74 Å². The maximum atomic E-state index is 13.1. The van der Waals surface area contributed by atoms with Crippen molar-refractivity contribution in [3.05, 3.63) is 59.9 Å². The summed E-state index contributed by atoms with van der Waals surface area (Å²) in [6, 6.07) is 14.6. The zero-order chi connectivity index (χ0) is 18.4. The Morgan fingerprint density at radius 1 is 1.04 bits per heavy atom. The van der Waals surface area contributed by atoms with Gasteiger partial charge in [-0.25, -0.2) is 4.39 Å². The number of aromatic nitrogens is 2. The smallest absolute Gasteiger partial charge is 0.240 e. The third-order valence-electron chi connectivity index (χ3n) is 4.62. The number of rotatable bonds is 9. The Kier molecular flexibility index (Phi) is 6.23. The number of benzene rings is 2. The van der Waals surface area contributed by atoms with E-state index in [1.807, 2.05) is 28.9 Å². The van der Waals surface area contributed by atoms with Gasteiger partial charge in [0.15, 0.2) is 0 Å². The van der Waals surface area contributed by atoms with Gasteiger partial charge in [-0.3, -0.25) is 4.68 Å². The van der Waals surface area contributed by atoms with Crippen molar-refractivity contribution in [2.45, 2.75) is 26.8 Å². The van der Waals surface area contributed by atoms with Gasteiger partial charge in [0.1, 0.15) is 5.82 Å². The van der Waals surface area contributed by atoms with Gasteiger partial charge in [0, 0.05) is 6.54 Å². The molecular weight excluding hydrogens is 329 g/mol. The minimum absolute atomic E-state index is 0.226. The van der Waals surface area contributed by atoms with E-state index < -0.39 is 0 Å². The van der Waals surface area contributed by atoms with Crippen molar-refractivity contribution in [1.82, 2.24) is 14.7 Å². The molecule has 1 aromatic heterocycles. The van der Waals surface area contributed by atoms with Crippen molar-refractivity contribution < 1.29 is 9.13 Å². The molecular formula is C21H26FN3O. The second-order valence-corrected chi connectivity index (χ2v) is 6.34. The summed E-state index contributed by atoms with van der Waals surface area (Å²) < 4.78 is 21.0. The van der Waals surface area contributed by atoms with Crippen LogP contribution in [0, 0.1) is 5.82 Å². The molecule has 0 atom stereocenters. The first-order valence-corrected chi connectivity index (χ1v) is 9.26. The van der Waals surface area contributed by atoms with Gasteiger partial charge in [0.25, 0.3) is 0 Å². The van der Waals surface area contributed by atoms with Gasteiger partial charge in [-0.1, -0.05) is 38.1 Å². The van der Waals surface area contributed by atoms with Crippen molar-refractivity contribution in [2.24, 2.45) is 0 Å². The summed E-state index contributed by atoms with van der Waals surface area (Å²) >= 11 is 0. The van der Waals surface area contributed by atoms with Gasteiger partial charge in [-0.05, 0) is 49.3 Å². The summed E-state index contributed by atoms with van der Waals surface area (Å²) in [5.41, 5.74) is 2.03. The van der Waals surface area contributed by atoms with Gasteiger partial charge < -0.3 is 9.64 Å². The lowest BCUT2D eigenvalue weighted by molar-refractivity contribution is 0.244. The molecule has 0 spiro atoms. The molecule has 0 aliphatic rings. The predicted molar refractivity (Wildman–Crippen MR) is 103 cm³/mol. The highest BCUT2D eigenvalue weighted by Crippen LogP contribution is 2.25. The Morgan fingerprint density at radius 2 is 1.77 bits per heavy atom. The summed E-state index contributed by atoms with van der Waals surface area (Å²) in [5.74, 6) is 0.443. The molecule has 0 N–H and O–H groups in total. The fraction of sp³-hybridized carbons (Fsp3) is 0.381. The highest BCUT2D eigenvalue weighted by Gasteiger charge is 2.12. The summed E-state index contributed by atoms with van der Waals surface area (Å²) in [6.45, 7) is 8.74. The second kappa shape index (κ2) is 8.81. The van der Waals surface area contributed by atoms with E-state index in [-0.39, 0.29) is 5.82 Å². The zero-order valence-electron chi connectivity index (χ0n) is 15.5. The van der Waals surface area contributed by atoms with Crippen molar-refractivity contribution >= 4 is 10.9 Å². The van der Waals surface area contributed by atoms with Gasteiger partial charge in [0.2, 0.25) is 5.88 Å². The van der Waals surface area contributed by atoms with Crippen LogP contribution in [0.1, 0.15) is 25.8 Å². The van der Waals surface area contributed by atoms with Crippen molar-refractivity contribution in [1.29, 1.82) is 0 Å². The highest BCUT2D eigenvalue weighted by atomic mass is 19.1. The molecule has 26 heavy (non-hydrogen) atoms. The minimum Gasteiger partial charge on any atom is -0.476 e. The van der Waals surface area contributed by atoms with Crippen LogP contribution in [0.5, 0.6) is 5.88 Å². The first kappa shape index (κ1) is 18.4. The molecule has 0 saturated carbocycles. The maximum Gasteiger partial charge on any atom is 0.240 e. The van der Waals surface area contributed by atoms with Crippen molar-refractivity contribution in [2.75, 3.05) is 26.2 Å². The van der Waals surface area contributed by atoms with Crippen LogP contribution in [0.4, 0.5) is 4.39 Å². The molecule has 3 rings (SSSR count). The lowest BCUT2D eigenvalue weighted by Gasteiger charge is -2.17. The number of hydrogen-bond donors (Lipinski definition) is 0. The Hall–Kier alpha value is -2.40. The average molecular weight is 355 g/mol. The molecule has 2 aromatic carbocycles. The lowest BCUT2D eigenvalue weighted by atomic mass is 10.2. The van der Waals surface area contributed by atoms with Gasteiger partial charge in [0.05, 0.1) is 24.1 Å². The van der Waals surface area contributed by atoms with E-state index in [0.29, 0.717) is 19.0 Å². The standard InChI is InChI=1S/C21H26FN3O/c1-3-24(4-2)14-7-15-26-21-19-8-5-6-9-20(19)25(23-21)16-17-10-12-18(22)13-11-17/h5-6,8-13H,3-4,7,14-16H2,1-2H3. The van der Waals surface area contributed by atoms with Crippen LogP contribution in [-0.4, -0.2) is 40.9 Å². The van der Waals surface area contributed by atoms with E-state index in [9.17, 15) is 4.39 Å². The Balaban J connectivity index is 1.71. The summed E-state index contributed by atoms with van der Waals surface area (Å²) in [4.78, 5) is 2.38. The molecule has 0 amide bonds. The molecule has 0 bridgehead atoms. The maximum absolute atomic E-state index is 13.1. The molecule has 4 nitrogen and oxygen atoms in total. The fourth-order valence-electron chi connectivity index (χ4n) is 3.08. The summed E-state index contributed by atoms with van der Waals surface area (Å²) in [7, 11) is 0. The fourth-order valence-corrected chi connectivity index (χ4v) is 3.08. The molecule has 0 saturated heterocycles. The molecule has 0 fully saturated rings. The van der Waals surface area contributed by atoms with Crippen LogP contribution >= 0.6 is 0 Å². The van der Waals surface area contributed by atoms with Crippen LogP contribution in [0.25, 0.3) is 10.9 Å². The Morgan fingerprint density at radius 3 is 2.50 bits per heavy atom. The van der Waals surface area contributed by atoms with Gasteiger partial charge in [-0.15, -0.1) is 5.10 Å². The molecule has 0 aliphatic heterocycles. The van der Waals surface area contributed by atoms with Crippen molar-refractivity contribution in [3.63, 3.8) is 0 Å². The van der Waals surface area contributed by atoms with Crippen LogP contribution in [-0.2, 0) is 6.54 Å². The monoisotopic (exact) mass is 355 g/mol. The predicted octanol–water partition coefficient (Wildman–Crippen LogP) is 4.33. The first-order chi connectivity index (χ1) is 12.7. The number of fused-ring (bicyclic) bond motifs is 1. The van der Waals surface area contributed by atoms with E-state index in [4.69, 9.17) is 4.74 Å². The summed E-state index contributed by atoms with van der Waals surface area (Å²) in [5, 5.41) is 5.66. The van der Waals surface area contributed by atoms with E-state index in [2.05, 4.69) is 23.8 Å². The number of halogens is 1. The summed E-state index contributed by atoms with van der Waals surface area (Å²) in [6.07, 6.45) is 0.973. The lowest BCUT2D eigenvalue weighted by Crippen LogP contribution is -2.25. The molecule has 3 aromatic rings. The molecule has 0 unspecified atom stereocenters. The largest absolute Gasteiger partial charge is 0.476 e. The van der Waals surface area contributed by atoms with Crippen LogP contribution in [0.3, 0.4) is 0 Å². The molecule has 138 valence electrons. The minimum atomic E-state index is -0.226. The van der Waals surface area contributed by atoms with Crippen LogP contribution in [0.2, 0.25) is 0 Å². The second-order valence-electron chi connectivity index (χ2n) is 6.34. The Labute approximate surface area is 154 Å². The molecule has 1 heterocycles. The number of nitrogens with zero attached hydrogens (tertiary/aromatic N) is 3. The molecule has 0 aliphatic carbocycles. The number of para-hydroxylation sites is 1. The third-order valence-corrected chi connectivity index (χ3v) is 4.62. The SMILES string of the molecule is CCN(CC)CCCOc1nn(Cc2ccc(F)cc2)c2ccccc12. The normalized spacial score (nSPS) is 11.4.